The summed E-state index contributed by atoms with van der Waals surface area (Å²) in [6.45, 7) is 4.69. The molecule has 39 heavy (non-hydrogen) atoms. The van der Waals surface area contributed by atoms with Gasteiger partial charge in [0.25, 0.3) is 0 Å². The summed E-state index contributed by atoms with van der Waals surface area (Å²) in [6.07, 6.45) is -0.622. The third-order valence-corrected chi connectivity index (χ3v) is 8.06. The zero-order valence-electron chi connectivity index (χ0n) is 22.2. The summed E-state index contributed by atoms with van der Waals surface area (Å²) in [7, 11) is 0. The van der Waals surface area contributed by atoms with Crippen molar-refractivity contribution in [3.05, 3.63) is 144 Å². The van der Waals surface area contributed by atoms with Crippen LogP contribution < -0.4 is 0 Å². The molecule has 0 bridgehead atoms. The van der Waals surface area contributed by atoms with Crippen molar-refractivity contribution in [2.45, 2.75) is 37.3 Å². The Morgan fingerprint density at radius 3 is 1.74 bits per heavy atom. The fourth-order valence-corrected chi connectivity index (χ4v) is 6.02. The van der Waals surface area contributed by atoms with Crippen molar-refractivity contribution in [3.63, 3.8) is 0 Å². The number of benzene rings is 4. The van der Waals surface area contributed by atoms with E-state index >= 15 is 0 Å². The standard InChI is InChI=1S/C34H34N2O3/c1-26-22-36-31(24-35(26)23-27-14-6-2-7-15-27)32(39-33(36)37)25-38-34(28-16-8-3-9-17-28,29-18-10-4-11-19-29)30-20-12-5-13-21-30/h2-21,26,31-32H,22-25H2,1H3/t26-,31+,32+/m1/s1. The summed E-state index contributed by atoms with van der Waals surface area (Å²) in [5, 5.41) is 0. The molecule has 2 aliphatic heterocycles. The molecule has 2 fully saturated rings. The van der Waals surface area contributed by atoms with Gasteiger partial charge in [-0.2, -0.15) is 0 Å². The number of hydrogen-bond acceptors (Lipinski definition) is 4. The topological polar surface area (TPSA) is 42.0 Å². The monoisotopic (exact) mass is 518 g/mol. The first-order valence-corrected chi connectivity index (χ1v) is 13.7. The Morgan fingerprint density at radius 2 is 1.23 bits per heavy atom. The Kier molecular flexibility index (Phi) is 7.18. The van der Waals surface area contributed by atoms with Crippen molar-refractivity contribution >= 4 is 6.09 Å². The molecule has 4 aromatic carbocycles. The molecule has 0 aromatic heterocycles. The number of carbonyl (C=O) groups is 1. The molecule has 4 aromatic rings. The fraction of sp³-hybridized carbons (Fsp3) is 0.265. The van der Waals surface area contributed by atoms with Crippen molar-refractivity contribution in [3.8, 4) is 0 Å². The molecule has 1 amide bonds. The van der Waals surface area contributed by atoms with Crippen LogP contribution in [0.15, 0.2) is 121 Å². The molecule has 5 heteroatoms. The zero-order valence-corrected chi connectivity index (χ0v) is 22.2. The average Bonchev–Trinajstić information content (AvgIpc) is 3.29. The minimum Gasteiger partial charge on any atom is -0.441 e. The van der Waals surface area contributed by atoms with Crippen LogP contribution in [0.4, 0.5) is 4.79 Å². The van der Waals surface area contributed by atoms with Crippen LogP contribution in [-0.2, 0) is 21.6 Å². The molecule has 5 nitrogen and oxygen atoms in total. The van der Waals surface area contributed by atoms with Crippen molar-refractivity contribution in [1.29, 1.82) is 0 Å². The van der Waals surface area contributed by atoms with Crippen molar-refractivity contribution in [2.75, 3.05) is 19.7 Å². The molecular formula is C34H34N2O3. The minimum absolute atomic E-state index is 0.0718. The maximum atomic E-state index is 13.0. The molecule has 0 spiro atoms. The number of cyclic esters (lactones) is 1. The van der Waals surface area contributed by atoms with E-state index in [4.69, 9.17) is 9.47 Å². The van der Waals surface area contributed by atoms with Gasteiger partial charge in [-0.3, -0.25) is 9.80 Å². The summed E-state index contributed by atoms with van der Waals surface area (Å²) < 4.78 is 13.0. The highest BCUT2D eigenvalue weighted by Gasteiger charge is 2.48. The largest absolute Gasteiger partial charge is 0.441 e. The fourth-order valence-electron chi connectivity index (χ4n) is 6.02. The minimum atomic E-state index is -0.852. The SMILES string of the molecule is C[C@@H]1CN2C(=O)O[C@@H](COC(c3ccccc3)(c3ccccc3)c3ccccc3)[C@@H]2CN1Cc1ccccc1. The number of fused-ring (bicyclic) bond motifs is 1. The first-order valence-electron chi connectivity index (χ1n) is 13.7. The zero-order chi connectivity index (χ0) is 26.7. The molecule has 6 rings (SSSR count). The lowest BCUT2D eigenvalue weighted by molar-refractivity contribution is -0.0450. The quantitative estimate of drug-likeness (QED) is 0.265. The van der Waals surface area contributed by atoms with Gasteiger partial charge in [0.15, 0.2) is 0 Å². The van der Waals surface area contributed by atoms with Gasteiger partial charge in [0.1, 0.15) is 11.7 Å². The summed E-state index contributed by atoms with van der Waals surface area (Å²) in [5.41, 5.74) is 3.52. The second-order valence-corrected chi connectivity index (χ2v) is 10.5. The van der Waals surface area contributed by atoms with Crippen LogP contribution in [-0.4, -0.2) is 53.8 Å². The lowest BCUT2D eigenvalue weighted by Crippen LogP contribution is -2.58. The first kappa shape index (κ1) is 25.4. The number of carbonyl (C=O) groups excluding carboxylic acids is 1. The number of rotatable bonds is 8. The lowest BCUT2D eigenvalue weighted by Gasteiger charge is -2.42. The maximum Gasteiger partial charge on any atom is 0.410 e. The van der Waals surface area contributed by atoms with E-state index in [-0.39, 0.29) is 30.9 Å². The molecule has 2 heterocycles. The third-order valence-electron chi connectivity index (χ3n) is 8.06. The number of hydrogen-bond donors (Lipinski definition) is 0. The second kappa shape index (κ2) is 11.0. The van der Waals surface area contributed by atoms with E-state index in [1.807, 2.05) is 65.6 Å². The summed E-state index contributed by atoms with van der Waals surface area (Å²) >= 11 is 0. The average molecular weight is 519 g/mol. The van der Waals surface area contributed by atoms with Crippen LogP contribution >= 0.6 is 0 Å². The molecular weight excluding hydrogens is 484 g/mol. The van der Waals surface area contributed by atoms with Crippen molar-refractivity contribution in [1.82, 2.24) is 9.80 Å². The Hall–Kier alpha value is -3.93. The molecule has 2 saturated heterocycles. The molecule has 0 saturated carbocycles. The van der Waals surface area contributed by atoms with Crippen LogP contribution in [0.3, 0.4) is 0 Å². The number of piperazine rings is 1. The van der Waals surface area contributed by atoms with E-state index in [2.05, 4.69) is 72.5 Å². The van der Waals surface area contributed by atoms with Gasteiger partial charge in [0.05, 0.1) is 12.6 Å². The van der Waals surface area contributed by atoms with Crippen LogP contribution in [0.5, 0.6) is 0 Å². The van der Waals surface area contributed by atoms with E-state index in [1.165, 1.54) is 5.56 Å². The van der Waals surface area contributed by atoms with E-state index in [0.29, 0.717) is 6.54 Å². The second-order valence-electron chi connectivity index (χ2n) is 10.5. The Bertz CT molecular complexity index is 1270. The summed E-state index contributed by atoms with van der Waals surface area (Å²) in [4.78, 5) is 17.3. The predicted molar refractivity (Wildman–Crippen MR) is 152 cm³/mol. The molecule has 0 N–H and O–H groups in total. The van der Waals surface area contributed by atoms with E-state index < -0.39 is 5.60 Å². The summed E-state index contributed by atoms with van der Waals surface area (Å²) in [5.74, 6) is 0. The van der Waals surface area contributed by atoms with Crippen LogP contribution in [0.25, 0.3) is 0 Å². The first-order chi connectivity index (χ1) is 19.1. The van der Waals surface area contributed by atoms with Crippen molar-refractivity contribution in [2.24, 2.45) is 0 Å². The molecule has 2 aliphatic rings. The normalized spacial score (nSPS) is 21.4. The lowest BCUT2D eigenvalue weighted by atomic mass is 9.80. The Morgan fingerprint density at radius 1 is 0.744 bits per heavy atom. The van der Waals surface area contributed by atoms with Gasteiger partial charge in [-0.05, 0) is 29.2 Å². The molecule has 3 atom stereocenters. The highest BCUT2D eigenvalue weighted by Crippen LogP contribution is 2.41. The van der Waals surface area contributed by atoms with Gasteiger partial charge in [0, 0.05) is 25.7 Å². The van der Waals surface area contributed by atoms with Gasteiger partial charge in [-0.15, -0.1) is 0 Å². The van der Waals surface area contributed by atoms with Gasteiger partial charge in [-0.25, -0.2) is 4.79 Å². The molecule has 198 valence electrons. The maximum absolute atomic E-state index is 13.0. The van der Waals surface area contributed by atoms with Crippen LogP contribution in [0.1, 0.15) is 29.2 Å². The molecule has 0 aliphatic carbocycles. The highest BCUT2D eigenvalue weighted by atomic mass is 16.6. The van der Waals surface area contributed by atoms with Gasteiger partial charge >= 0.3 is 6.09 Å². The number of ether oxygens (including phenoxy) is 2. The highest BCUT2D eigenvalue weighted by molar-refractivity contribution is 5.71. The predicted octanol–water partition coefficient (Wildman–Crippen LogP) is 6.09. The van der Waals surface area contributed by atoms with Gasteiger partial charge in [0.2, 0.25) is 0 Å². The van der Waals surface area contributed by atoms with E-state index in [0.717, 1.165) is 29.8 Å². The third kappa shape index (κ3) is 4.96. The van der Waals surface area contributed by atoms with E-state index in [1.54, 1.807) is 0 Å². The van der Waals surface area contributed by atoms with Crippen LogP contribution in [0, 0.1) is 0 Å². The summed E-state index contributed by atoms with van der Waals surface area (Å²) in [6, 6.07) is 41.6. The Balaban J connectivity index is 1.32. The Labute approximate surface area is 230 Å². The van der Waals surface area contributed by atoms with Crippen molar-refractivity contribution < 1.29 is 14.3 Å². The number of nitrogens with zero attached hydrogens (tertiary/aromatic N) is 2. The molecule has 0 unspecified atom stereocenters. The molecule has 0 radical (unpaired) electrons. The van der Waals surface area contributed by atoms with Crippen LogP contribution in [0.2, 0.25) is 0 Å². The van der Waals surface area contributed by atoms with E-state index in [9.17, 15) is 4.79 Å². The van der Waals surface area contributed by atoms with Gasteiger partial charge in [-0.1, -0.05) is 121 Å². The van der Waals surface area contributed by atoms with Gasteiger partial charge < -0.3 is 9.47 Å². The smallest absolute Gasteiger partial charge is 0.410 e. The number of amides is 1.